The summed E-state index contributed by atoms with van der Waals surface area (Å²) in [4.78, 5) is 26.2. The Morgan fingerprint density at radius 2 is 1.67 bits per heavy atom. The van der Waals surface area contributed by atoms with Crippen LogP contribution in [-0.4, -0.2) is 23.5 Å². The number of imide groups is 1. The number of carbonyl (C=O) groups is 2. The lowest BCUT2D eigenvalue weighted by atomic mass is 9.85. The third kappa shape index (κ3) is 1.92. The second-order valence-electron chi connectivity index (χ2n) is 5.61. The first-order chi connectivity index (χ1) is 10.2. The van der Waals surface area contributed by atoms with Gasteiger partial charge in [0.25, 0.3) is 0 Å². The largest absolute Gasteiger partial charge is 0.454 e. The van der Waals surface area contributed by atoms with Crippen LogP contribution in [0.15, 0.2) is 30.4 Å². The SMILES string of the molecule is O=C1[C@H]2CC=CC[C@H]2C(=O)N1Cc1ccc2c(c1)OCO2. The minimum absolute atomic E-state index is 0.0491. The standard InChI is InChI=1S/C16H15NO4/c18-15-11-3-1-2-4-12(11)16(19)17(15)8-10-5-6-13-14(7-10)21-9-20-13/h1-2,5-7,11-12H,3-4,8-9H2/t11-,12+. The predicted octanol–water partition coefficient (Wildman–Crippen LogP) is 1.87. The molecule has 4 rings (SSSR count). The molecule has 2 atom stereocenters. The highest BCUT2D eigenvalue weighted by molar-refractivity contribution is 6.05. The Morgan fingerprint density at radius 3 is 2.38 bits per heavy atom. The van der Waals surface area contributed by atoms with Crippen LogP contribution in [0.5, 0.6) is 11.5 Å². The van der Waals surface area contributed by atoms with Crippen molar-refractivity contribution in [1.29, 1.82) is 0 Å². The Balaban J connectivity index is 1.57. The maximum absolute atomic E-state index is 12.4. The van der Waals surface area contributed by atoms with Gasteiger partial charge in [-0.3, -0.25) is 14.5 Å². The van der Waals surface area contributed by atoms with Crippen molar-refractivity contribution < 1.29 is 19.1 Å². The topological polar surface area (TPSA) is 55.8 Å². The maximum atomic E-state index is 12.4. The molecular formula is C16H15NO4. The Morgan fingerprint density at radius 1 is 1.00 bits per heavy atom. The van der Waals surface area contributed by atoms with E-state index in [1.807, 2.05) is 30.4 Å². The number of carbonyl (C=O) groups excluding carboxylic acids is 2. The molecule has 2 amide bonds. The van der Waals surface area contributed by atoms with Crippen molar-refractivity contribution in [3.05, 3.63) is 35.9 Å². The average Bonchev–Trinajstić information content (AvgIpc) is 3.06. The van der Waals surface area contributed by atoms with E-state index in [-0.39, 0.29) is 30.4 Å². The monoisotopic (exact) mass is 285 g/mol. The fourth-order valence-corrected chi connectivity index (χ4v) is 3.25. The van der Waals surface area contributed by atoms with Crippen molar-refractivity contribution in [2.24, 2.45) is 11.8 Å². The fourth-order valence-electron chi connectivity index (χ4n) is 3.25. The lowest BCUT2D eigenvalue weighted by Crippen LogP contribution is -2.30. The molecule has 0 saturated carbocycles. The van der Waals surface area contributed by atoms with Crippen molar-refractivity contribution in [3.63, 3.8) is 0 Å². The van der Waals surface area contributed by atoms with Gasteiger partial charge in [-0.05, 0) is 30.5 Å². The van der Waals surface area contributed by atoms with E-state index in [0.717, 1.165) is 5.56 Å². The molecule has 0 radical (unpaired) electrons. The summed E-state index contributed by atoms with van der Waals surface area (Å²) in [5.41, 5.74) is 0.882. The molecule has 21 heavy (non-hydrogen) atoms. The smallest absolute Gasteiger partial charge is 0.233 e. The molecule has 0 N–H and O–H groups in total. The normalized spacial score (nSPS) is 26.4. The summed E-state index contributed by atoms with van der Waals surface area (Å²) < 4.78 is 10.6. The fraction of sp³-hybridized carbons (Fsp3) is 0.375. The molecule has 1 aromatic rings. The van der Waals surface area contributed by atoms with Gasteiger partial charge in [0.2, 0.25) is 18.6 Å². The first-order valence-electron chi connectivity index (χ1n) is 7.13. The van der Waals surface area contributed by atoms with Crippen LogP contribution in [0, 0.1) is 11.8 Å². The highest BCUT2D eigenvalue weighted by Crippen LogP contribution is 2.37. The van der Waals surface area contributed by atoms with E-state index in [9.17, 15) is 9.59 Å². The predicted molar refractivity (Wildman–Crippen MR) is 73.5 cm³/mol. The Kier molecular flexibility index (Phi) is 2.74. The van der Waals surface area contributed by atoms with Crippen LogP contribution in [0.2, 0.25) is 0 Å². The molecule has 1 fully saturated rings. The molecular weight excluding hydrogens is 270 g/mol. The molecule has 0 spiro atoms. The van der Waals surface area contributed by atoms with Gasteiger partial charge in [-0.2, -0.15) is 0 Å². The molecule has 108 valence electrons. The summed E-state index contributed by atoms with van der Waals surface area (Å²) >= 11 is 0. The van der Waals surface area contributed by atoms with E-state index in [4.69, 9.17) is 9.47 Å². The van der Waals surface area contributed by atoms with Gasteiger partial charge in [0.05, 0.1) is 18.4 Å². The van der Waals surface area contributed by atoms with Crippen molar-refractivity contribution in [3.8, 4) is 11.5 Å². The zero-order valence-electron chi connectivity index (χ0n) is 11.5. The Labute approximate surface area is 122 Å². The number of nitrogens with zero attached hydrogens (tertiary/aromatic N) is 1. The van der Waals surface area contributed by atoms with Gasteiger partial charge in [-0.25, -0.2) is 0 Å². The quantitative estimate of drug-likeness (QED) is 0.615. The van der Waals surface area contributed by atoms with Gasteiger partial charge in [0.15, 0.2) is 11.5 Å². The Bertz CT molecular complexity index is 626. The summed E-state index contributed by atoms with van der Waals surface area (Å²) in [6.07, 6.45) is 5.34. The number of amides is 2. The lowest BCUT2D eigenvalue weighted by molar-refractivity contribution is -0.140. The summed E-state index contributed by atoms with van der Waals surface area (Å²) in [6.45, 7) is 0.525. The number of ether oxygens (including phenoxy) is 2. The minimum atomic E-state index is -0.170. The number of fused-ring (bicyclic) bond motifs is 2. The number of benzene rings is 1. The molecule has 3 aliphatic rings. The molecule has 1 saturated heterocycles. The summed E-state index contributed by atoms with van der Waals surface area (Å²) in [7, 11) is 0. The number of hydrogen-bond acceptors (Lipinski definition) is 4. The maximum Gasteiger partial charge on any atom is 0.233 e. The molecule has 1 aliphatic carbocycles. The van der Waals surface area contributed by atoms with Crippen LogP contribution in [0.1, 0.15) is 18.4 Å². The van der Waals surface area contributed by atoms with Gasteiger partial charge in [0.1, 0.15) is 0 Å². The van der Waals surface area contributed by atoms with Crippen LogP contribution in [0.4, 0.5) is 0 Å². The number of rotatable bonds is 2. The second-order valence-corrected chi connectivity index (χ2v) is 5.61. The zero-order chi connectivity index (χ0) is 14.4. The highest BCUT2D eigenvalue weighted by atomic mass is 16.7. The summed E-state index contributed by atoms with van der Waals surface area (Å²) in [5, 5.41) is 0. The van der Waals surface area contributed by atoms with Gasteiger partial charge < -0.3 is 9.47 Å². The number of likely N-dealkylation sites (tertiary alicyclic amines) is 1. The van der Waals surface area contributed by atoms with Gasteiger partial charge in [-0.1, -0.05) is 18.2 Å². The molecule has 5 nitrogen and oxygen atoms in total. The van der Waals surface area contributed by atoms with E-state index < -0.39 is 0 Å². The summed E-state index contributed by atoms with van der Waals surface area (Å²) in [6, 6.07) is 5.52. The van der Waals surface area contributed by atoms with E-state index in [1.54, 1.807) is 0 Å². The van der Waals surface area contributed by atoms with Gasteiger partial charge in [0, 0.05) is 0 Å². The first kappa shape index (κ1) is 12.4. The molecule has 2 aliphatic heterocycles. The van der Waals surface area contributed by atoms with Crippen LogP contribution in [0.3, 0.4) is 0 Å². The van der Waals surface area contributed by atoms with E-state index in [2.05, 4.69) is 0 Å². The summed E-state index contributed by atoms with van der Waals surface area (Å²) in [5.74, 6) is 0.938. The van der Waals surface area contributed by atoms with Gasteiger partial charge in [-0.15, -0.1) is 0 Å². The van der Waals surface area contributed by atoms with Crippen LogP contribution in [0.25, 0.3) is 0 Å². The third-order valence-corrected chi connectivity index (χ3v) is 4.38. The highest BCUT2D eigenvalue weighted by Gasteiger charge is 2.46. The average molecular weight is 285 g/mol. The number of hydrogen-bond donors (Lipinski definition) is 0. The Hall–Kier alpha value is -2.30. The van der Waals surface area contributed by atoms with E-state index in [1.165, 1.54) is 4.90 Å². The zero-order valence-corrected chi connectivity index (χ0v) is 11.5. The van der Waals surface area contributed by atoms with Crippen molar-refractivity contribution in [2.75, 3.05) is 6.79 Å². The van der Waals surface area contributed by atoms with Crippen LogP contribution < -0.4 is 9.47 Å². The molecule has 0 aromatic heterocycles. The number of allylic oxidation sites excluding steroid dienone is 2. The van der Waals surface area contributed by atoms with Crippen LogP contribution >= 0.6 is 0 Å². The van der Waals surface area contributed by atoms with Gasteiger partial charge >= 0.3 is 0 Å². The molecule has 1 aromatic carbocycles. The molecule has 5 heteroatoms. The lowest BCUT2D eigenvalue weighted by Gasteiger charge is -2.15. The molecule has 0 bridgehead atoms. The second kappa shape index (κ2) is 4.62. The van der Waals surface area contributed by atoms with E-state index >= 15 is 0 Å². The molecule has 0 unspecified atom stereocenters. The minimum Gasteiger partial charge on any atom is -0.454 e. The van der Waals surface area contributed by atoms with E-state index in [0.29, 0.717) is 30.9 Å². The van der Waals surface area contributed by atoms with Crippen molar-refractivity contribution in [1.82, 2.24) is 4.90 Å². The third-order valence-electron chi connectivity index (χ3n) is 4.38. The van der Waals surface area contributed by atoms with Crippen LogP contribution in [-0.2, 0) is 16.1 Å². The first-order valence-corrected chi connectivity index (χ1v) is 7.13. The molecule has 2 heterocycles. The van der Waals surface area contributed by atoms with Crippen molar-refractivity contribution in [2.45, 2.75) is 19.4 Å². The van der Waals surface area contributed by atoms with Crippen molar-refractivity contribution >= 4 is 11.8 Å².